The molecule has 2 aromatic heterocycles. The molecule has 12 heteroatoms. The fourth-order valence-electron chi connectivity index (χ4n) is 3.47. The van der Waals surface area contributed by atoms with E-state index in [-0.39, 0.29) is 4.90 Å². The average molecular weight is 503 g/mol. The number of aromatic nitrogens is 3. The van der Waals surface area contributed by atoms with Crippen LogP contribution in [0.25, 0.3) is 21.7 Å². The summed E-state index contributed by atoms with van der Waals surface area (Å²) in [6.07, 6.45) is 0. The molecule has 0 atom stereocenters. The molecule has 1 aliphatic heterocycles. The molecule has 1 fully saturated rings. The van der Waals surface area contributed by atoms with Crippen LogP contribution in [0.3, 0.4) is 0 Å². The second kappa shape index (κ2) is 8.84. The number of nitrogen functional groups attached to an aromatic ring is 1. The summed E-state index contributed by atoms with van der Waals surface area (Å²) in [6, 6.07) is 13.8. The van der Waals surface area contributed by atoms with Crippen molar-refractivity contribution >= 4 is 59.9 Å². The number of thiazole rings is 1. The van der Waals surface area contributed by atoms with Crippen LogP contribution in [0, 0.1) is 0 Å². The Morgan fingerprint density at radius 2 is 1.76 bits per heavy atom. The molecule has 33 heavy (non-hydrogen) atoms. The molecular weight excluding hydrogens is 484 g/mol. The van der Waals surface area contributed by atoms with E-state index in [4.69, 9.17) is 22.1 Å². The lowest BCUT2D eigenvalue weighted by Crippen LogP contribution is -2.40. The van der Waals surface area contributed by atoms with Gasteiger partial charge in [-0.05, 0) is 36.4 Å². The largest absolute Gasteiger partial charge is 0.379 e. The quantitative estimate of drug-likeness (QED) is 0.423. The van der Waals surface area contributed by atoms with Gasteiger partial charge in [-0.2, -0.15) is 4.31 Å². The first-order chi connectivity index (χ1) is 15.9. The molecule has 0 aliphatic carbocycles. The Labute approximate surface area is 199 Å². The SMILES string of the molecule is Nc1nc2c(Nc3ccc(S(=O)(=O)N4CCOCC4)cc3)nc(-c3ccccc3Cl)nc2s1. The zero-order valence-electron chi connectivity index (χ0n) is 17.2. The molecule has 0 bridgehead atoms. The second-order valence-corrected chi connectivity index (χ2v) is 10.6. The van der Waals surface area contributed by atoms with Gasteiger partial charge in [-0.1, -0.05) is 35.1 Å². The molecular formula is C21H19ClN6O3S2. The summed E-state index contributed by atoms with van der Waals surface area (Å²) < 4.78 is 32.4. The third kappa shape index (κ3) is 4.37. The van der Waals surface area contributed by atoms with Crippen molar-refractivity contribution in [1.82, 2.24) is 19.3 Å². The number of hydrogen-bond acceptors (Lipinski definition) is 9. The van der Waals surface area contributed by atoms with Crippen molar-refractivity contribution in [2.45, 2.75) is 4.90 Å². The number of fused-ring (bicyclic) bond motifs is 1. The predicted octanol–water partition coefficient (Wildman–Crippen LogP) is 3.75. The molecule has 3 N–H and O–H groups in total. The molecule has 2 aromatic carbocycles. The van der Waals surface area contributed by atoms with Gasteiger partial charge in [0.05, 0.1) is 23.1 Å². The Morgan fingerprint density at radius 3 is 2.48 bits per heavy atom. The van der Waals surface area contributed by atoms with Gasteiger partial charge in [0, 0.05) is 24.3 Å². The fourth-order valence-corrected chi connectivity index (χ4v) is 5.81. The minimum absolute atomic E-state index is 0.220. The summed E-state index contributed by atoms with van der Waals surface area (Å²) in [6.45, 7) is 1.48. The Balaban J connectivity index is 1.48. The molecule has 4 aromatic rings. The Hall–Kier alpha value is -2.83. The van der Waals surface area contributed by atoms with E-state index in [9.17, 15) is 8.42 Å². The molecule has 1 aliphatic rings. The first kappa shape index (κ1) is 22.0. The third-order valence-electron chi connectivity index (χ3n) is 5.11. The van der Waals surface area contributed by atoms with Crippen molar-refractivity contribution in [3.05, 3.63) is 53.6 Å². The van der Waals surface area contributed by atoms with Gasteiger partial charge in [0.15, 0.2) is 21.6 Å². The summed E-state index contributed by atoms with van der Waals surface area (Å²) in [5, 5.41) is 4.11. The molecule has 0 saturated carbocycles. The lowest BCUT2D eigenvalue weighted by Gasteiger charge is -2.26. The first-order valence-electron chi connectivity index (χ1n) is 10.1. The maximum absolute atomic E-state index is 12.9. The number of benzene rings is 2. The van der Waals surface area contributed by atoms with Crippen molar-refractivity contribution in [3.8, 4) is 11.4 Å². The van der Waals surface area contributed by atoms with E-state index in [0.717, 1.165) is 0 Å². The monoisotopic (exact) mass is 502 g/mol. The molecule has 0 radical (unpaired) electrons. The predicted molar refractivity (Wildman–Crippen MR) is 129 cm³/mol. The van der Waals surface area contributed by atoms with Gasteiger partial charge in [-0.3, -0.25) is 0 Å². The minimum atomic E-state index is -3.57. The van der Waals surface area contributed by atoms with Gasteiger partial charge in [-0.25, -0.2) is 23.4 Å². The van der Waals surface area contributed by atoms with E-state index in [0.29, 0.717) is 69.7 Å². The number of nitrogens with two attached hydrogens (primary N) is 1. The van der Waals surface area contributed by atoms with E-state index in [1.54, 1.807) is 30.3 Å². The number of halogens is 1. The van der Waals surface area contributed by atoms with Gasteiger partial charge in [0.25, 0.3) is 0 Å². The van der Waals surface area contributed by atoms with Crippen molar-refractivity contribution in [1.29, 1.82) is 0 Å². The van der Waals surface area contributed by atoms with Crippen molar-refractivity contribution in [2.24, 2.45) is 0 Å². The molecule has 1 saturated heterocycles. The van der Waals surface area contributed by atoms with Gasteiger partial charge >= 0.3 is 0 Å². The number of rotatable bonds is 5. The smallest absolute Gasteiger partial charge is 0.243 e. The third-order valence-corrected chi connectivity index (χ3v) is 8.14. The van der Waals surface area contributed by atoms with E-state index in [1.165, 1.54) is 15.6 Å². The lowest BCUT2D eigenvalue weighted by atomic mass is 10.2. The van der Waals surface area contributed by atoms with Crippen LogP contribution in [-0.2, 0) is 14.8 Å². The number of nitrogens with one attached hydrogen (secondary N) is 1. The fraction of sp³-hybridized carbons (Fsp3) is 0.190. The first-order valence-corrected chi connectivity index (χ1v) is 12.7. The maximum atomic E-state index is 12.9. The molecule has 0 spiro atoms. The standard InChI is InChI=1S/C21H19ClN6O3S2/c22-16-4-2-1-3-15(16)18-26-19(17-20(27-18)32-21(23)25-17)24-13-5-7-14(8-6-13)33(29,30)28-9-11-31-12-10-28/h1-8H,9-12H2,(H2,23,25)(H,24,26,27). The highest BCUT2D eigenvalue weighted by Crippen LogP contribution is 2.33. The second-order valence-electron chi connectivity index (χ2n) is 7.25. The van der Waals surface area contributed by atoms with Gasteiger partial charge in [0.1, 0.15) is 5.52 Å². The minimum Gasteiger partial charge on any atom is -0.379 e. The van der Waals surface area contributed by atoms with Gasteiger partial charge in [-0.15, -0.1) is 0 Å². The Bertz CT molecular complexity index is 1420. The molecule has 3 heterocycles. The number of morpholine rings is 1. The highest BCUT2D eigenvalue weighted by atomic mass is 35.5. The summed E-state index contributed by atoms with van der Waals surface area (Å²) >= 11 is 7.60. The van der Waals surface area contributed by atoms with E-state index >= 15 is 0 Å². The van der Waals surface area contributed by atoms with E-state index in [2.05, 4.69) is 20.3 Å². The average Bonchev–Trinajstić information content (AvgIpc) is 3.21. The van der Waals surface area contributed by atoms with E-state index < -0.39 is 10.0 Å². The van der Waals surface area contributed by atoms with Crippen LogP contribution < -0.4 is 11.1 Å². The van der Waals surface area contributed by atoms with Crippen molar-refractivity contribution in [3.63, 3.8) is 0 Å². The summed E-state index contributed by atoms with van der Waals surface area (Å²) in [5.74, 6) is 0.887. The lowest BCUT2D eigenvalue weighted by molar-refractivity contribution is 0.0730. The highest BCUT2D eigenvalue weighted by Gasteiger charge is 2.26. The zero-order chi connectivity index (χ0) is 23.0. The molecule has 170 valence electrons. The van der Waals surface area contributed by atoms with Gasteiger partial charge in [0.2, 0.25) is 10.0 Å². The van der Waals surface area contributed by atoms with Crippen LogP contribution in [-0.4, -0.2) is 54.0 Å². The summed E-state index contributed by atoms with van der Waals surface area (Å²) in [4.78, 5) is 14.4. The number of nitrogens with zero attached hydrogens (tertiary/aromatic N) is 4. The number of ether oxygens (including phenoxy) is 1. The number of hydrogen-bond donors (Lipinski definition) is 2. The Morgan fingerprint density at radius 1 is 1.03 bits per heavy atom. The van der Waals surface area contributed by atoms with Crippen molar-refractivity contribution < 1.29 is 13.2 Å². The molecule has 0 unspecified atom stereocenters. The zero-order valence-corrected chi connectivity index (χ0v) is 19.6. The summed E-state index contributed by atoms with van der Waals surface area (Å²) in [7, 11) is -3.57. The van der Waals surface area contributed by atoms with Crippen LogP contribution in [0.2, 0.25) is 5.02 Å². The highest BCUT2D eigenvalue weighted by molar-refractivity contribution is 7.89. The topological polar surface area (TPSA) is 123 Å². The molecule has 0 amide bonds. The van der Waals surface area contributed by atoms with Crippen molar-refractivity contribution in [2.75, 3.05) is 37.4 Å². The number of anilines is 3. The number of sulfonamides is 1. The van der Waals surface area contributed by atoms with Crippen LogP contribution in [0.15, 0.2) is 53.4 Å². The maximum Gasteiger partial charge on any atom is 0.243 e. The Kier molecular flexibility index (Phi) is 5.89. The summed E-state index contributed by atoms with van der Waals surface area (Å²) in [5.41, 5.74) is 7.77. The van der Waals surface area contributed by atoms with Crippen LogP contribution in [0.1, 0.15) is 0 Å². The normalized spacial score (nSPS) is 15.1. The van der Waals surface area contributed by atoms with Crippen LogP contribution in [0.4, 0.5) is 16.6 Å². The molecule has 9 nitrogen and oxygen atoms in total. The van der Waals surface area contributed by atoms with Gasteiger partial charge < -0.3 is 15.8 Å². The van der Waals surface area contributed by atoms with Crippen LogP contribution in [0.5, 0.6) is 0 Å². The molecule has 5 rings (SSSR count). The van der Waals surface area contributed by atoms with E-state index in [1.807, 2.05) is 18.2 Å². The van der Waals surface area contributed by atoms with Crippen LogP contribution >= 0.6 is 22.9 Å².